The zero-order chi connectivity index (χ0) is 12.3. The molecule has 1 unspecified atom stereocenters. The summed E-state index contributed by atoms with van der Waals surface area (Å²) in [5.74, 6) is 1.34. The third-order valence-corrected chi connectivity index (χ3v) is 5.21. The Kier molecular flexibility index (Phi) is 9.27. The third-order valence-electron chi connectivity index (χ3n) is 3.67. The molecule has 17 heavy (non-hydrogen) atoms. The van der Waals surface area contributed by atoms with E-state index in [0.717, 1.165) is 11.3 Å². The summed E-state index contributed by atoms with van der Waals surface area (Å²) < 4.78 is 0. The molecule has 1 saturated carbocycles. The van der Waals surface area contributed by atoms with Crippen LogP contribution in [0.3, 0.4) is 0 Å². The van der Waals surface area contributed by atoms with Crippen molar-refractivity contribution in [2.75, 3.05) is 12.3 Å². The highest BCUT2D eigenvalue weighted by Gasteiger charge is 2.17. The molecule has 1 N–H and O–H groups in total. The van der Waals surface area contributed by atoms with Crippen LogP contribution in [0.25, 0.3) is 0 Å². The SMILES string of the molecule is CCCCCC(CSC1CCCC1)NCCC. The Morgan fingerprint density at radius 3 is 2.53 bits per heavy atom. The summed E-state index contributed by atoms with van der Waals surface area (Å²) in [5.41, 5.74) is 0. The predicted octanol–water partition coefficient (Wildman–Crippen LogP) is 4.61. The van der Waals surface area contributed by atoms with E-state index in [1.807, 2.05) is 0 Å². The fourth-order valence-electron chi connectivity index (χ4n) is 2.54. The van der Waals surface area contributed by atoms with Gasteiger partial charge in [-0.05, 0) is 32.2 Å². The van der Waals surface area contributed by atoms with Gasteiger partial charge in [0.2, 0.25) is 0 Å². The Bertz CT molecular complexity index is 166. The predicted molar refractivity (Wildman–Crippen MR) is 80.9 cm³/mol. The first kappa shape index (κ1) is 15.4. The van der Waals surface area contributed by atoms with Crippen LogP contribution in [-0.2, 0) is 0 Å². The Hall–Kier alpha value is 0.310. The smallest absolute Gasteiger partial charge is 0.0158 e. The van der Waals surface area contributed by atoms with Crippen LogP contribution in [0.4, 0.5) is 0 Å². The van der Waals surface area contributed by atoms with Gasteiger partial charge in [-0.2, -0.15) is 11.8 Å². The summed E-state index contributed by atoms with van der Waals surface area (Å²) in [6, 6.07) is 0.770. The molecule has 1 aliphatic carbocycles. The molecule has 0 saturated heterocycles. The maximum Gasteiger partial charge on any atom is 0.0158 e. The molecular formula is C15H31NS. The molecule has 0 spiro atoms. The highest BCUT2D eigenvalue weighted by Crippen LogP contribution is 2.30. The van der Waals surface area contributed by atoms with Crippen LogP contribution in [0.5, 0.6) is 0 Å². The van der Waals surface area contributed by atoms with E-state index in [2.05, 4.69) is 30.9 Å². The van der Waals surface area contributed by atoms with E-state index in [1.54, 1.807) is 0 Å². The normalized spacial score (nSPS) is 18.7. The Morgan fingerprint density at radius 2 is 1.88 bits per heavy atom. The van der Waals surface area contributed by atoms with Crippen molar-refractivity contribution in [1.82, 2.24) is 5.32 Å². The summed E-state index contributed by atoms with van der Waals surface area (Å²) in [6.07, 6.45) is 12.7. The highest BCUT2D eigenvalue weighted by atomic mass is 32.2. The lowest BCUT2D eigenvalue weighted by Crippen LogP contribution is -2.32. The number of hydrogen-bond acceptors (Lipinski definition) is 2. The van der Waals surface area contributed by atoms with E-state index < -0.39 is 0 Å². The second-order valence-corrected chi connectivity index (χ2v) is 6.72. The van der Waals surface area contributed by atoms with E-state index in [4.69, 9.17) is 0 Å². The second kappa shape index (κ2) is 10.3. The number of thioether (sulfide) groups is 1. The van der Waals surface area contributed by atoms with E-state index in [0.29, 0.717) is 0 Å². The fraction of sp³-hybridized carbons (Fsp3) is 1.00. The van der Waals surface area contributed by atoms with Crippen molar-refractivity contribution in [3.05, 3.63) is 0 Å². The first-order valence-electron chi connectivity index (χ1n) is 7.71. The highest BCUT2D eigenvalue weighted by molar-refractivity contribution is 7.99. The molecule has 0 radical (unpaired) electrons. The molecule has 1 nitrogen and oxygen atoms in total. The maximum atomic E-state index is 3.73. The molecule has 0 amide bonds. The minimum absolute atomic E-state index is 0.770. The van der Waals surface area contributed by atoms with Crippen LogP contribution < -0.4 is 5.32 Å². The number of hydrogen-bond donors (Lipinski definition) is 1. The van der Waals surface area contributed by atoms with Crippen LogP contribution in [0.15, 0.2) is 0 Å². The van der Waals surface area contributed by atoms with Gasteiger partial charge in [0.1, 0.15) is 0 Å². The molecule has 0 aromatic heterocycles. The topological polar surface area (TPSA) is 12.0 Å². The summed E-state index contributed by atoms with van der Waals surface area (Å²) in [7, 11) is 0. The first-order valence-corrected chi connectivity index (χ1v) is 8.76. The van der Waals surface area contributed by atoms with Crippen molar-refractivity contribution in [2.24, 2.45) is 0 Å². The van der Waals surface area contributed by atoms with E-state index >= 15 is 0 Å². The van der Waals surface area contributed by atoms with Crippen LogP contribution in [0.2, 0.25) is 0 Å². The fourth-order valence-corrected chi connectivity index (χ4v) is 4.00. The summed E-state index contributed by atoms with van der Waals surface area (Å²) >= 11 is 2.24. The van der Waals surface area contributed by atoms with Gasteiger partial charge < -0.3 is 5.32 Å². The van der Waals surface area contributed by atoms with Crippen molar-refractivity contribution < 1.29 is 0 Å². The molecule has 1 rings (SSSR count). The zero-order valence-electron chi connectivity index (χ0n) is 11.8. The first-order chi connectivity index (χ1) is 8.36. The van der Waals surface area contributed by atoms with Gasteiger partial charge in [-0.25, -0.2) is 0 Å². The average molecular weight is 257 g/mol. The number of unbranched alkanes of at least 4 members (excludes halogenated alkanes) is 2. The van der Waals surface area contributed by atoms with Gasteiger partial charge in [-0.15, -0.1) is 0 Å². The summed E-state index contributed by atoms with van der Waals surface area (Å²) in [5, 5.41) is 4.71. The molecule has 2 heteroatoms. The molecule has 0 heterocycles. The van der Waals surface area contributed by atoms with Crippen LogP contribution in [0.1, 0.15) is 71.6 Å². The van der Waals surface area contributed by atoms with E-state index in [-0.39, 0.29) is 0 Å². The zero-order valence-corrected chi connectivity index (χ0v) is 12.7. The van der Waals surface area contributed by atoms with E-state index in [9.17, 15) is 0 Å². The van der Waals surface area contributed by atoms with Gasteiger partial charge in [-0.3, -0.25) is 0 Å². The van der Waals surface area contributed by atoms with Gasteiger partial charge >= 0.3 is 0 Å². The molecule has 1 atom stereocenters. The summed E-state index contributed by atoms with van der Waals surface area (Å²) in [4.78, 5) is 0. The molecule has 1 fully saturated rings. The van der Waals surface area contributed by atoms with Crippen molar-refractivity contribution in [1.29, 1.82) is 0 Å². The number of rotatable bonds is 10. The lowest BCUT2D eigenvalue weighted by Gasteiger charge is -2.20. The van der Waals surface area contributed by atoms with E-state index in [1.165, 1.54) is 70.1 Å². The third kappa shape index (κ3) is 7.35. The standard InChI is InChI=1S/C15H31NS/c1-3-5-6-9-14(16-12-4-2)13-17-15-10-7-8-11-15/h14-16H,3-13H2,1-2H3. The van der Waals surface area contributed by atoms with Gasteiger partial charge in [0, 0.05) is 17.0 Å². The van der Waals surface area contributed by atoms with Crippen molar-refractivity contribution >= 4 is 11.8 Å². The molecule has 102 valence electrons. The maximum absolute atomic E-state index is 3.73. The Labute approximate surface area is 113 Å². The van der Waals surface area contributed by atoms with Crippen LogP contribution in [0, 0.1) is 0 Å². The van der Waals surface area contributed by atoms with Crippen molar-refractivity contribution in [2.45, 2.75) is 82.9 Å². The minimum atomic E-state index is 0.770. The van der Waals surface area contributed by atoms with Gasteiger partial charge in [0.25, 0.3) is 0 Å². The molecule has 0 aromatic carbocycles. The molecule has 0 bridgehead atoms. The van der Waals surface area contributed by atoms with Gasteiger partial charge in [-0.1, -0.05) is 46.0 Å². The van der Waals surface area contributed by atoms with Crippen molar-refractivity contribution in [3.8, 4) is 0 Å². The minimum Gasteiger partial charge on any atom is -0.313 e. The monoisotopic (exact) mass is 257 g/mol. The van der Waals surface area contributed by atoms with Gasteiger partial charge in [0.15, 0.2) is 0 Å². The molecular weight excluding hydrogens is 226 g/mol. The molecule has 1 aliphatic rings. The largest absolute Gasteiger partial charge is 0.313 e. The van der Waals surface area contributed by atoms with Crippen LogP contribution >= 0.6 is 11.8 Å². The lowest BCUT2D eigenvalue weighted by atomic mass is 10.1. The average Bonchev–Trinajstić information content (AvgIpc) is 2.85. The molecule has 0 aliphatic heterocycles. The Balaban J connectivity index is 2.13. The molecule has 0 aromatic rings. The summed E-state index contributed by atoms with van der Waals surface area (Å²) in [6.45, 7) is 5.75. The lowest BCUT2D eigenvalue weighted by molar-refractivity contribution is 0.493. The quantitative estimate of drug-likeness (QED) is 0.574. The van der Waals surface area contributed by atoms with Crippen LogP contribution in [-0.4, -0.2) is 23.6 Å². The van der Waals surface area contributed by atoms with Crippen molar-refractivity contribution in [3.63, 3.8) is 0 Å². The number of nitrogens with one attached hydrogen (secondary N) is 1. The van der Waals surface area contributed by atoms with Gasteiger partial charge in [0.05, 0.1) is 0 Å². The Morgan fingerprint density at radius 1 is 1.12 bits per heavy atom. The second-order valence-electron chi connectivity index (χ2n) is 5.39.